The summed E-state index contributed by atoms with van der Waals surface area (Å²) in [6, 6.07) is 9.05. The first kappa shape index (κ1) is 14.5. The average molecular weight is 288 g/mol. The fourth-order valence-electron chi connectivity index (χ4n) is 2.41. The van der Waals surface area contributed by atoms with Crippen LogP contribution in [0.3, 0.4) is 0 Å². The predicted molar refractivity (Wildman–Crippen MR) is 81.6 cm³/mol. The minimum absolute atomic E-state index is 0.0210. The Bertz CT molecular complexity index is 774. The van der Waals surface area contributed by atoms with Crippen molar-refractivity contribution in [2.45, 2.75) is 17.7 Å². The molecule has 3 nitrogen and oxygen atoms in total. The van der Waals surface area contributed by atoms with Gasteiger partial charge < -0.3 is 0 Å². The zero-order valence-electron chi connectivity index (χ0n) is 11.0. The van der Waals surface area contributed by atoms with Crippen LogP contribution in [0.2, 0.25) is 0 Å². The summed E-state index contributed by atoms with van der Waals surface area (Å²) in [5.74, 6) is 0. The van der Waals surface area contributed by atoms with Crippen molar-refractivity contribution in [2.75, 3.05) is 0 Å². The number of hydrogen-bond donors (Lipinski definition) is 1. The Kier molecular flexibility index (Phi) is 4.06. The third-order valence-electron chi connectivity index (χ3n) is 3.17. The minimum atomic E-state index is -4.31. The lowest BCUT2D eigenvalue weighted by Gasteiger charge is -2.14. The van der Waals surface area contributed by atoms with Crippen LogP contribution in [0, 0.1) is 0 Å². The normalized spacial score (nSPS) is 11.4. The molecule has 0 fully saturated rings. The molecule has 0 atom stereocenters. The van der Waals surface area contributed by atoms with E-state index in [0.29, 0.717) is 23.8 Å². The van der Waals surface area contributed by atoms with Crippen molar-refractivity contribution >= 4 is 20.9 Å². The highest BCUT2D eigenvalue weighted by atomic mass is 32.2. The number of benzene rings is 2. The molecule has 2 aromatic carbocycles. The molecule has 4 heteroatoms. The van der Waals surface area contributed by atoms with Gasteiger partial charge in [0.1, 0.15) is 4.90 Å². The molecule has 0 aromatic heterocycles. The van der Waals surface area contributed by atoms with Gasteiger partial charge in [0.25, 0.3) is 10.1 Å². The molecule has 0 aliphatic carbocycles. The average Bonchev–Trinajstić information content (AvgIpc) is 2.38. The van der Waals surface area contributed by atoms with Gasteiger partial charge in [0, 0.05) is 5.39 Å². The van der Waals surface area contributed by atoms with Gasteiger partial charge in [-0.3, -0.25) is 4.55 Å². The summed E-state index contributed by atoms with van der Waals surface area (Å²) in [5.41, 5.74) is 1.42. The number of allylic oxidation sites excluding steroid dienone is 2. The summed E-state index contributed by atoms with van der Waals surface area (Å²) in [6.07, 6.45) is 4.26. The van der Waals surface area contributed by atoms with E-state index >= 15 is 0 Å². The van der Waals surface area contributed by atoms with Crippen LogP contribution in [0.25, 0.3) is 10.8 Å². The molecule has 0 saturated heterocycles. The molecule has 0 radical (unpaired) electrons. The van der Waals surface area contributed by atoms with Crippen LogP contribution in [0.4, 0.5) is 0 Å². The molecule has 0 heterocycles. The highest BCUT2D eigenvalue weighted by Crippen LogP contribution is 2.31. The number of rotatable bonds is 5. The van der Waals surface area contributed by atoms with E-state index in [1.54, 1.807) is 24.3 Å². The number of hydrogen-bond acceptors (Lipinski definition) is 2. The van der Waals surface area contributed by atoms with E-state index in [2.05, 4.69) is 13.2 Å². The molecule has 0 aliphatic rings. The molecule has 1 N–H and O–H groups in total. The van der Waals surface area contributed by atoms with Gasteiger partial charge in [0.15, 0.2) is 0 Å². The first-order valence-electron chi connectivity index (χ1n) is 6.21. The summed E-state index contributed by atoms with van der Waals surface area (Å²) in [6.45, 7) is 7.35. The predicted octanol–water partition coefficient (Wildman–Crippen LogP) is 3.54. The maximum Gasteiger partial charge on any atom is 0.295 e. The largest absolute Gasteiger partial charge is 0.295 e. The van der Waals surface area contributed by atoms with E-state index in [4.69, 9.17) is 0 Å². The second-order valence-electron chi connectivity index (χ2n) is 4.53. The van der Waals surface area contributed by atoms with Gasteiger partial charge in [-0.25, -0.2) is 0 Å². The Morgan fingerprint density at radius 1 is 1.10 bits per heavy atom. The van der Waals surface area contributed by atoms with Crippen molar-refractivity contribution in [3.63, 3.8) is 0 Å². The Hall–Kier alpha value is -1.91. The van der Waals surface area contributed by atoms with E-state index in [9.17, 15) is 13.0 Å². The molecule has 2 rings (SSSR count). The van der Waals surface area contributed by atoms with Crippen LogP contribution in [-0.2, 0) is 23.0 Å². The first-order valence-corrected chi connectivity index (χ1v) is 7.65. The maximum absolute atomic E-state index is 11.8. The Morgan fingerprint density at radius 3 is 2.35 bits per heavy atom. The molecular formula is C16H16O3S. The van der Waals surface area contributed by atoms with E-state index < -0.39 is 10.1 Å². The lowest BCUT2D eigenvalue weighted by atomic mass is 9.96. The van der Waals surface area contributed by atoms with Crippen molar-refractivity contribution in [1.29, 1.82) is 0 Å². The van der Waals surface area contributed by atoms with Crippen molar-refractivity contribution in [1.82, 2.24) is 0 Å². The van der Waals surface area contributed by atoms with E-state index in [0.717, 1.165) is 10.9 Å². The van der Waals surface area contributed by atoms with Crippen molar-refractivity contribution < 1.29 is 13.0 Å². The first-order chi connectivity index (χ1) is 9.49. The van der Waals surface area contributed by atoms with Crippen molar-refractivity contribution in [2.24, 2.45) is 0 Å². The molecule has 0 unspecified atom stereocenters. The topological polar surface area (TPSA) is 54.4 Å². The Labute approximate surface area is 119 Å². The second kappa shape index (κ2) is 5.61. The van der Waals surface area contributed by atoms with Gasteiger partial charge in [-0.1, -0.05) is 42.5 Å². The smallest absolute Gasteiger partial charge is 0.282 e. The minimum Gasteiger partial charge on any atom is -0.282 e. The summed E-state index contributed by atoms with van der Waals surface area (Å²) in [7, 11) is -4.31. The van der Waals surface area contributed by atoms with Crippen LogP contribution in [0.5, 0.6) is 0 Å². The lowest BCUT2D eigenvalue weighted by Crippen LogP contribution is -2.07. The van der Waals surface area contributed by atoms with Gasteiger partial charge in [0.05, 0.1) is 0 Å². The van der Waals surface area contributed by atoms with Crippen molar-refractivity contribution in [3.05, 3.63) is 66.8 Å². The Morgan fingerprint density at radius 2 is 1.75 bits per heavy atom. The third-order valence-corrected chi connectivity index (χ3v) is 4.15. The van der Waals surface area contributed by atoms with E-state index in [1.165, 1.54) is 0 Å². The molecule has 0 amide bonds. The van der Waals surface area contributed by atoms with Crippen LogP contribution in [-0.4, -0.2) is 13.0 Å². The summed E-state index contributed by atoms with van der Waals surface area (Å²) < 4.78 is 33.2. The summed E-state index contributed by atoms with van der Waals surface area (Å²) >= 11 is 0. The van der Waals surface area contributed by atoms with Gasteiger partial charge in [-0.15, -0.1) is 13.2 Å². The highest BCUT2D eigenvalue weighted by Gasteiger charge is 2.21. The molecule has 0 saturated carbocycles. The maximum atomic E-state index is 11.8. The monoisotopic (exact) mass is 288 g/mol. The summed E-state index contributed by atoms with van der Waals surface area (Å²) in [5, 5.41) is 1.31. The summed E-state index contributed by atoms with van der Waals surface area (Å²) in [4.78, 5) is -0.0210. The third kappa shape index (κ3) is 2.66. The quantitative estimate of drug-likeness (QED) is 0.676. The highest BCUT2D eigenvalue weighted by molar-refractivity contribution is 7.86. The number of fused-ring (bicyclic) bond motifs is 1. The molecule has 0 bridgehead atoms. The SMILES string of the molecule is C=CCc1cc2ccccc2c(S(=O)(=O)O)c1CC=C. The van der Waals surface area contributed by atoms with Gasteiger partial charge >= 0.3 is 0 Å². The zero-order chi connectivity index (χ0) is 14.8. The van der Waals surface area contributed by atoms with Crippen LogP contribution < -0.4 is 0 Å². The van der Waals surface area contributed by atoms with Crippen molar-refractivity contribution in [3.8, 4) is 0 Å². The molecule has 2 aromatic rings. The van der Waals surface area contributed by atoms with Crippen LogP contribution in [0.15, 0.2) is 60.5 Å². The molecule has 20 heavy (non-hydrogen) atoms. The van der Waals surface area contributed by atoms with Gasteiger partial charge in [-0.05, 0) is 29.4 Å². The van der Waals surface area contributed by atoms with E-state index in [1.807, 2.05) is 18.2 Å². The van der Waals surface area contributed by atoms with Gasteiger partial charge in [0.2, 0.25) is 0 Å². The Balaban J connectivity index is 2.96. The second-order valence-corrected chi connectivity index (χ2v) is 5.88. The van der Waals surface area contributed by atoms with E-state index in [-0.39, 0.29) is 4.90 Å². The standard InChI is InChI=1S/C16H16O3S/c1-3-7-12-11-13-9-5-6-10-15(13)16(20(17,18)19)14(12)8-4-2/h3-6,9-11H,1-2,7-8H2,(H,17,18,19). The zero-order valence-corrected chi connectivity index (χ0v) is 11.9. The molecular weight excluding hydrogens is 272 g/mol. The van der Waals surface area contributed by atoms with Crippen LogP contribution >= 0.6 is 0 Å². The molecule has 0 spiro atoms. The lowest BCUT2D eigenvalue weighted by molar-refractivity contribution is 0.483. The fraction of sp³-hybridized carbons (Fsp3) is 0.125. The molecule has 104 valence electrons. The molecule has 0 aliphatic heterocycles. The fourth-order valence-corrected chi connectivity index (χ4v) is 3.40. The van der Waals surface area contributed by atoms with Crippen LogP contribution in [0.1, 0.15) is 11.1 Å². The van der Waals surface area contributed by atoms with Gasteiger partial charge in [-0.2, -0.15) is 8.42 Å².